The lowest BCUT2D eigenvalue weighted by molar-refractivity contribution is -0.143. The predicted octanol–water partition coefficient (Wildman–Crippen LogP) is 4.03. The van der Waals surface area contributed by atoms with Crippen molar-refractivity contribution in [1.29, 1.82) is 0 Å². The molecule has 0 saturated carbocycles. The second-order valence-corrected chi connectivity index (χ2v) is 7.34. The average molecular weight is 372 g/mol. The Labute approximate surface area is 153 Å². The fourth-order valence-corrected chi connectivity index (χ4v) is 4.01. The molecule has 0 aromatic heterocycles. The number of halogens is 2. The van der Waals surface area contributed by atoms with Gasteiger partial charge in [-0.1, -0.05) is 29.3 Å². The Morgan fingerprint density at radius 1 is 1.38 bits per heavy atom. The molecule has 132 valence electrons. The van der Waals surface area contributed by atoms with Gasteiger partial charge in [0.25, 0.3) is 0 Å². The largest absolute Gasteiger partial charge is 0.466 e. The Bertz CT molecular complexity index is 610. The molecule has 2 fully saturated rings. The van der Waals surface area contributed by atoms with Gasteiger partial charge in [-0.3, -0.25) is 9.69 Å². The first-order chi connectivity index (χ1) is 11.5. The molecule has 0 aliphatic carbocycles. The molecule has 2 atom stereocenters. The summed E-state index contributed by atoms with van der Waals surface area (Å²) in [5.74, 6) is -0.101. The number of ether oxygens (including phenoxy) is 2. The number of carbonyl (C=O) groups excluding carboxylic acids is 1. The van der Waals surface area contributed by atoms with E-state index in [1.807, 2.05) is 25.1 Å². The van der Waals surface area contributed by atoms with E-state index in [-0.39, 0.29) is 11.6 Å². The number of fused-ring (bicyclic) bond motifs is 2. The van der Waals surface area contributed by atoms with E-state index in [0.717, 1.165) is 44.5 Å². The zero-order valence-electron chi connectivity index (χ0n) is 13.9. The van der Waals surface area contributed by atoms with Gasteiger partial charge in [-0.15, -0.1) is 0 Å². The number of benzene rings is 1. The lowest BCUT2D eigenvalue weighted by atomic mass is 9.93. The highest BCUT2D eigenvalue weighted by atomic mass is 35.5. The van der Waals surface area contributed by atoms with E-state index < -0.39 is 0 Å². The summed E-state index contributed by atoms with van der Waals surface area (Å²) in [5, 5.41) is 1.14. The molecule has 1 aromatic carbocycles. The highest BCUT2D eigenvalue weighted by Crippen LogP contribution is 2.46. The van der Waals surface area contributed by atoms with E-state index in [2.05, 4.69) is 4.90 Å². The van der Waals surface area contributed by atoms with Gasteiger partial charge in [-0.2, -0.15) is 0 Å². The maximum atomic E-state index is 11.4. The molecule has 0 N–H and O–H groups in total. The van der Waals surface area contributed by atoms with Crippen molar-refractivity contribution in [2.75, 3.05) is 26.3 Å². The lowest BCUT2D eigenvalue weighted by Crippen LogP contribution is -2.41. The SMILES string of the molecule is CCOC(=O)CCCCN1CC2(c3ccc(Cl)c(Cl)c3)CC1CO2. The van der Waals surface area contributed by atoms with E-state index in [1.54, 1.807) is 0 Å². The zero-order chi connectivity index (χ0) is 17.2. The molecular formula is C18H23Cl2NO3. The minimum absolute atomic E-state index is 0.101. The molecule has 0 amide bonds. The summed E-state index contributed by atoms with van der Waals surface area (Å²) >= 11 is 12.2. The Morgan fingerprint density at radius 2 is 2.21 bits per heavy atom. The summed E-state index contributed by atoms with van der Waals surface area (Å²) in [6, 6.07) is 6.23. The molecule has 2 heterocycles. The van der Waals surface area contributed by atoms with Crippen LogP contribution in [0.25, 0.3) is 0 Å². The summed E-state index contributed by atoms with van der Waals surface area (Å²) in [6.07, 6.45) is 3.35. The normalized spacial score (nSPS) is 26.0. The van der Waals surface area contributed by atoms with Crippen molar-refractivity contribution in [3.05, 3.63) is 33.8 Å². The topological polar surface area (TPSA) is 38.8 Å². The first kappa shape index (κ1) is 18.0. The number of hydrogen-bond donors (Lipinski definition) is 0. The van der Waals surface area contributed by atoms with Crippen LogP contribution in [0.2, 0.25) is 10.0 Å². The van der Waals surface area contributed by atoms with Crippen LogP contribution in [0.5, 0.6) is 0 Å². The van der Waals surface area contributed by atoms with Gasteiger partial charge >= 0.3 is 5.97 Å². The number of nitrogens with zero attached hydrogens (tertiary/aromatic N) is 1. The minimum Gasteiger partial charge on any atom is -0.466 e. The van der Waals surface area contributed by atoms with Gasteiger partial charge in [0.15, 0.2) is 0 Å². The third-order valence-corrected chi connectivity index (χ3v) is 5.66. The monoisotopic (exact) mass is 371 g/mol. The van der Waals surface area contributed by atoms with Gasteiger partial charge in [-0.25, -0.2) is 0 Å². The summed E-state index contributed by atoms with van der Waals surface area (Å²) in [6.45, 7) is 4.89. The molecule has 2 aliphatic rings. The fourth-order valence-electron chi connectivity index (χ4n) is 3.71. The first-order valence-corrected chi connectivity index (χ1v) is 9.29. The van der Waals surface area contributed by atoms with Gasteiger partial charge in [0.2, 0.25) is 0 Å². The second-order valence-electron chi connectivity index (χ2n) is 6.52. The molecule has 6 heteroatoms. The van der Waals surface area contributed by atoms with Crippen LogP contribution in [0.1, 0.15) is 38.2 Å². The fraction of sp³-hybridized carbons (Fsp3) is 0.611. The van der Waals surface area contributed by atoms with E-state index >= 15 is 0 Å². The van der Waals surface area contributed by atoms with E-state index in [4.69, 9.17) is 32.7 Å². The van der Waals surface area contributed by atoms with Crippen LogP contribution in [0.3, 0.4) is 0 Å². The number of carbonyl (C=O) groups is 1. The Hall–Kier alpha value is -0.810. The molecule has 1 aromatic rings. The molecule has 2 unspecified atom stereocenters. The maximum absolute atomic E-state index is 11.4. The van der Waals surface area contributed by atoms with Gasteiger partial charge in [0.05, 0.1) is 23.3 Å². The number of unbranched alkanes of at least 4 members (excludes halogenated alkanes) is 1. The minimum atomic E-state index is -0.264. The number of hydrogen-bond acceptors (Lipinski definition) is 4. The summed E-state index contributed by atoms with van der Waals surface area (Å²) in [7, 11) is 0. The lowest BCUT2D eigenvalue weighted by Gasteiger charge is -2.33. The number of esters is 1. The van der Waals surface area contributed by atoms with Crippen molar-refractivity contribution in [1.82, 2.24) is 4.90 Å². The Morgan fingerprint density at radius 3 is 2.96 bits per heavy atom. The number of morpholine rings is 1. The standard InChI is InChI=1S/C18H23Cl2NO3/c1-2-23-17(22)5-3-4-8-21-12-18(10-14(21)11-24-18)13-6-7-15(19)16(20)9-13/h6-7,9,14H,2-5,8,10-12H2,1H3. The molecule has 0 spiro atoms. The number of likely N-dealkylation sites (tertiary alicyclic amines) is 1. The van der Waals surface area contributed by atoms with Crippen molar-refractivity contribution in [3.63, 3.8) is 0 Å². The smallest absolute Gasteiger partial charge is 0.305 e. The van der Waals surface area contributed by atoms with E-state index in [9.17, 15) is 4.79 Å². The maximum Gasteiger partial charge on any atom is 0.305 e. The van der Waals surface area contributed by atoms with Crippen LogP contribution in [0, 0.1) is 0 Å². The summed E-state index contributed by atoms with van der Waals surface area (Å²) < 4.78 is 11.1. The first-order valence-electron chi connectivity index (χ1n) is 8.53. The highest BCUT2D eigenvalue weighted by Gasteiger charge is 2.51. The molecular weight excluding hydrogens is 349 g/mol. The molecule has 2 bridgehead atoms. The van der Waals surface area contributed by atoms with Crippen LogP contribution < -0.4 is 0 Å². The van der Waals surface area contributed by atoms with Gasteiger partial charge in [0.1, 0.15) is 5.60 Å². The van der Waals surface area contributed by atoms with Crippen LogP contribution in [-0.4, -0.2) is 43.2 Å². The number of rotatable bonds is 7. The molecule has 4 nitrogen and oxygen atoms in total. The Balaban J connectivity index is 1.54. The van der Waals surface area contributed by atoms with Crippen molar-refractivity contribution in [2.45, 2.75) is 44.2 Å². The molecule has 2 saturated heterocycles. The van der Waals surface area contributed by atoms with Crippen LogP contribution in [0.15, 0.2) is 18.2 Å². The van der Waals surface area contributed by atoms with Crippen LogP contribution in [0.4, 0.5) is 0 Å². The van der Waals surface area contributed by atoms with Gasteiger partial charge < -0.3 is 9.47 Å². The molecule has 3 rings (SSSR count). The van der Waals surface area contributed by atoms with Crippen LogP contribution >= 0.6 is 23.2 Å². The second kappa shape index (κ2) is 7.61. The highest BCUT2D eigenvalue weighted by molar-refractivity contribution is 6.42. The van der Waals surface area contributed by atoms with Crippen LogP contribution in [-0.2, 0) is 19.9 Å². The summed E-state index contributed by atoms with van der Waals surface area (Å²) in [4.78, 5) is 13.9. The van der Waals surface area contributed by atoms with Crippen molar-refractivity contribution in [2.24, 2.45) is 0 Å². The third-order valence-electron chi connectivity index (χ3n) is 4.92. The zero-order valence-corrected chi connectivity index (χ0v) is 15.4. The third kappa shape index (κ3) is 3.72. The van der Waals surface area contributed by atoms with Crippen molar-refractivity contribution >= 4 is 29.2 Å². The van der Waals surface area contributed by atoms with E-state index in [1.165, 1.54) is 0 Å². The summed E-state index contributed by atoms with van der Waals surface area (Å²) in [5.41, 5.74) is 0.841. The van der Waals surface area contributed by atoms with Crippen molar-refractivity contribution < 1.29 is 14.3 Å². The van der Waals surface area contributed by atoms with Gasteiger partial charge in [0, 0.05) is 19.0 Å². The molecule has 2 aliphatic heterocycles. The van der Waals surface area contributed by atoms with Gasteiger partial charge in [-0.05, 0) is 50.4 Å². The predicted molar refractivity (Wildman–Crippen MR) is 94.6 cm³/mol. The Kier molecular flexibility index (Phi) is 5.70. The van der Waals surface area contributed by atoms with E-state index in [0.29, 0.717) is 29.1 Å². The quantitative estimate of drug-likeness (QED) is 0.535. The average Bonchev–Trinajstić information content (AvgIpc) is 3.14. The molecule has 24 heavy (non-hydrogen) atoms. The molecule has 0 radical (unpaired) electrons. The van der Waals surface area contributed by atoms with Crippen molar-refractivity contribution in [3.8, 4) is 0 Å².